The van der Waals surface area contributed by atoms with Crippen LogP contribution in [0, 0.1) is 0 Å². The maximum Gasteiger partial charge on any atom is 0.233 e. The number of thioether (sulfide) groups is 1. The molecule has 5 nitrogen and oxygen atoms in total. The zero-order chi connectivity index (χ0) is 19.5. The SMILES string of the molecule is COc1ccc2cc(CN(C)C(=O)CSc3ncnc4sccc34)ccc2c1. The first-order valence-corrected chi connectivity index (χ1v) is 10.6. The minimum Gasteiger partial charge on any atom is -0.497 e. The van der Waals surface area contributed by atoms with Gasteiger partial charge in [-0.2, -0.15) is 0 Å². The van der Waals surface area contributed by atoms with E-state index in [0.717, 1.165) is 37.3 Å². The predicted octanol–water partition coefficient (Wildman–Crippen LogP) is 4.60. The molecule has 0 spiro atoms. The van der Waals surface area contributed by atoms with Gasteiger partial charge < -0.3 is 9.64 Å². The summed E-state index contributed by atoms with van der Waals surface area (Å²) in [6, 6.07) is 14.2. The van der Waals surface area contributed by atoms with Crippen molar-refractivity contribution in [2.45, 2.75) is 11.6 Å². The molecule has 0 aliphatic rings. The summed E-state index contributed by atoms with van der Waals surface area (Å²) in [6.07, 6.45) is 1.55. The number of methoxy groups -OCH3 is 1. The highest BCUT2D eigenvalue weighted by Crippen LogP contribution is 2.28. The van der Waals surface area contributed by atoms with Crippen LogP contribution in [-0.4, -0.2) is 40.7 Å². The number of hydrogen-bond donors (Lipinski definition) is 0. The van der Waals surface area contributed by atoms with Gasteiger partial charge in [0, 0.05) is 19.0 Å². The second-order valence-corrected chi connectivity index (χ2v) is 8.26. The van der Waals surface area contributed by atoms with Crippen molar-refractivity contribution >= 4 is 50.0 Å². The monoisotopic (exact) mass is 409 g/mol. The van der Waals surface area contributed by atoms with Crippen molar-refractivity contribution < 1.29 is 9.53 Å². The van der Waals surface area contributed by atoms with Crippen molar-refractivity contribution in [3.63, 3.8) is 0 Å². The number of aromatic nitrogens is 2. The molecule has 142 valence electrons. The van der Waals surface area contributed by atoms with Crippen molar-refractivity contribution in [3.8, 4) is 5.75 Å². The molecule has 2 aromatic heterocycles. The molecule has 2 aromatic carbocycles. The number of benzene rings is 2. The maximum atomic E-state index is 12.6. The largest absolute Gasteiger partial charge is 0.497 e. The third kappa shape index (κ3) is 3.95. The summed E-state index contributed by atoms with van der Waals surface area (Å²) in [5.41, 5.74) is 1.10. The van der Waals surface area contributed by atoms with Crippen LogP contribution >= 0.6 is 23.1 Å². The van der Waals surface area contributed by atoms with Crippen molar-refractivity contribution in [2.24, 2.45) is 0 Å². The molecule has 0 aliphatic heterocycles. The Morgan fingerprint density at radius 2 is 1.96 bits per heavy atom. The molecular weight excluding hydrogens is 390 g/mol. The van der Waals surface area contributed by atoms with Crippen LogP contribution < -0.4 is 4.74 Å². The van der Waals surface area contributed by atoms with Crippen molar-refractivity contribution in [3.05, 3.63) is 59.7 Å². The molecule has 0 aliphatic carbocycles. The van der Waals surface area contributed by atoms with Crippen LogP contribution in [0.4, 0.5) is 0 Å². The lowest BCUT2D eigenvalue weighted by Crippen LogP contribution is -2.27. The highest BCUT2D eigenvalue weighted by Gasteiger charge is 2.13. The van der Waals surface area contributed by atoms with E-state index in [1.807, 2.05) is 36.7 Å². The number of fused-ring (bicyclic) bond motifs is 2. The number of rotatable bonds is 6. The molecular formula is C21H19N3O2S2. The number of hydrogen-bond acceptors (Lipinski definition) is 6. The minimum atomic E-state index is 0.0711. The Hall–Kier alpha value is -2.64. The van der Waals surface area contributed by atoms with Crippen LogP contribution in [-0.2, 0) is 11.3 Å². The van der Waals surface area contributed by atoms with Gasteiger partial charge in [-0.1, -0.05) is 30.0 Å². The minimum absolute atomic E-state index is 0.0711. The van der Waals surface area contributed by atoms with Gasteiger partial charge >= 0.3 is 0 Å². The molecule has 0 saturated heterocycles. The van der Waals surface area contributed by atoms with Crippen LogP contribution in [0.3, 0.4) is 0 Å². The Balaban J connectivity index is 1.41. The van der Waals surface area contributed by atoms with E-state index in [4.69, 9.17) is 4.74 Å². The predicted molar refractivity (Wildman–Crippen MR) is 115 cm³/mol. The van der Waals surface area contributed by atoms with E-state index >= 15 is 0 Å². The molecule has 28 heavy (non-hydrogen) atoms. The van der Waals surface area contributed by atoms with E-state index in [9.17, 15) is 4.79 Å². The summed E-state index contributed by atoms with van der Waals surface area (Å²) >= 11 is 3.04. The lowest BCUT2D eigenvalue weighted by molar-refractivity contribution is -0.127. The average molecular weight is 410 g/mol. The Bertz CT molecular complexity index is 1140. The number of amides is 1. The molecule has 7 heteroatoms. The van der Waals surface area contributed by atoms with Crippen LogP contribution in [0.25, 0.3) is 21.0 Å². The maximum absolute atomic E-state index is 12.6. The summed E-state index contributed by atoms with van der Waals surface area (Å²) in [5.74, 6) is 1.26. The van der Waals surface area contributed by atoms with Crippen LogP contribution in [0.1, 0.15) is 5.56 Å². The van der Waals surface area contributed by atoms with Crippen molar-refractivity contribution in [1.82, 2.24) is 14.9 Å². The molecule has 0 N–H and O–H groups in total. The molecule has 0 radical (unpaired) electrons. The van der Waals surface area contributed by atoms with Gasteiger partial charge in [0.1, 0.15) is 21.9 Å². The van der Waals surface area contributed by atoms with Crippen molar-refractivity contribution in [1.29, 1.82) is 0 Å². The molecule has 0 atom stereocenters. The standard InChI is InChI=1S/C21H19N3O2S2/c1-24(11-14-3-4-16-10-17(26-2)6-5-15(16)9-14)19(25)12-28-21-18-7-8-27-20(18)22-13-23-21/h3-10,13H,11-12H2,1-2H3. The lowest BCUT2D eigenvalue weighted by Gasteiger charge is -2.17. The summed E-state index contributed by atoms with van der Waals surface area (Å²) in [4.78, 5) is 23.9. The highest BCUT2D eigenvalue weighted by atomic mass is 32.2. The van der Waals surface area contributed by atoms with E-state index in [1.54, 1.807) is 29.7 Å². The molecule has 4 aromatic rings. The zero-order valence-corrected chi connectivity index (χ0v) is 17.2. The van der Waals surface area contributed by atoms with E-state index < -0.39 is 0 Å². The number of carbonyl (C=O) groups excluding carboxylic acids is 1. The number of nitrogens with zero attached hydrogens (tertiary/aromatic N) is 3. The fourth-order valence-corrected chi connectivity index (χ4v) is 4.70. The topological polar surface area (TPSA) is 55.3 Å². The molecule has 2 heterocycles. The van der Waals surface area contributed by atoms with E-state index in [1.165, 1.54) is 11.8 Å². The Kier molecular flexibility index (Phi) is 5.45. The Morgan fingerprint density at radius 3 is 2.82 bits per heavy atom. The van der Waals surface area contributed by atoms with Gasteiger partial charge in [-0.3, -0.25) is 4.79 Å². The van der Waals surface area contributed by atoms with Gasteiger partial charge in [0.2, 0.25) is 5.91 Å². The average Bonchev–Trinajstić information content (AvgIpc) is 3.21. The van der Waals surface area contributed by atoms with Crippen LogP contribution in [0.15, 0.2) is 59.2 Å². The third-order valence-electron chi connectivity index (χ3n) is 4.51. The van der Waals surface area contributed by atoms with E-state index in [0.29, 0.717) is 12.3 Å². The van der Waals surface area contributed by atoms with Gasteiger partial charge in [0.15, 0.2) is 0 Å². The first-order valence-electron chi connectivity index (χ1n) is 8.75. The van der Waals surface area contributed by atoms with Gasteiger partial charge in [0.05, 0.1) is 12.9 Å². The van der Waals surface area contributed by atoms with Crippen LogP contribution in [0.5, 0.6) is 5.75 Å². The van der Waals surface area contributed by atoms with Gasteiger partial charge in [-0.05, 0) is 46.0 Å². The number of carbonyl (C=O) groups is 1. The quantitative estimate of drug-likeness (QED) is 0.344. The zero-order valence-electron chi connectivity index (χ0n) is 15.6. The smallest absolute Gasteiger partial charge is 0.233 e. The van der Waals surface area contributed by atoms with Gasteiger partial charge in [-0.15, -0.1) is 11.3 Å². The lowest BCUT2D eigenvalue weighted by atomic mass is 10.1. The third-order valence-corrected chi connectivity index (χ3v) is 6.33. The second-order valence-electron chi connectivity index (χ2n) is 6.40. The summed E-state index contributed by atoms with van der Waals surface area (Å²) in [7, 11) is 3.50. The van der Waals surface area contributed by atoms with E-state index in [-0.39, 0.29) is 5.91 Å². The van der Waals surface area contributed by atoms with Gasteiger partial charge in [-0.25, -0.2) is 9.97 Å². The molecule has 1 amide bonds. The van der Waals surface area contributed by atoms with Crippen LogP contribution in [0.2, 0.25) is 0 Å². The normalized spacial score (nSPS) is 11.1. The molecule has 0 bridgehead atoms. The fourth-order valence-electron chi connectivity index (χ4n) is 2.98. The number of thiophene rings is 1. The van der Waals surface area contributed by atoms with Gasteiger partial charge in [0.25, 0.3) is 0 Å². The molecule has 0 saturated carbocycles. The number of ether oxygens (including phenoxy) is 1. The molecule has 4 rings (SSSR count). The highest BCUT2D eigenvalue weighted by molar-refractivity contribution is 8.00. The Labute approximate surface area is 171 Å². The van der Waals surface area contributed by atoms with E-state index in [2.05, 4.69) is 28.2 Å². The summed E-state index contributed by atoms with van der Waals surface area (Å²) < 4.78 is 5.27. The Morgan fingerprint density at radius 1 is 1.14 bits per heavy atom. The summed E-state index contributed by atoms with van der Waals surface area (Å²) in [5, 5.41) is 6.11. The summed E-state index contributed by atoms with van der Waals surface area (Å²) in [6.45, 7) is 0.568. The first kappa shape index (κ1) is 18.7. The second kappa shape index (κ2) is 8.16. The first-order chi connectivity index (χ1) is 13.6. The van der Waals surface area contributed by atoms with Crippen molar-refractivity contribution in [2.75, 3.05) is 19.9 Å². The molecule has 0 unspecified atom stereocenters. The molecule has 0 fully saturated rings. The fraction of sp³-hybridized carbons (Fsp3) is 0.190.